The Hall–Kier alpha value is -3.73. The quantitative estimate of drug-likeness (QED) is 0.309. The van der Waals surface area contributed by atoms with Crippen molar-refractivity contribution in [1.82, 2.24) is 25.2 Å². The molecule has 40 heavy (non-hydrogen) atoms. The van der Waals surface area contributed by atoms with Crippen LogP contribution in [0.4, 0.5) is 36.3 Å². The number of pyridine rings is 1. The smallest absolute Gasteiger partial charge is 0.350 e. The van der Waals surface area contributed by atoms with Crippen LogP contribution in [-0.4, -0.2) is 51.1 Å². The Labute approximate surface area is 232 Å². The van der Waals surface area contributed by atoms with Gasteiger partial charge in [-0.2, -0.15) is 18.2 Å². The zero-order chi connectivity index (χ0) is 29.1. The summed E-state index contributed by atoms with van der Waals surface area (Å²) in [5.41, 5.74) is 4.62. The van der Waals surface area contributed by atoms with Crippen LogP contribution in [0.5, 0.6) is 0 Å². The highest BCUT2D eigenvalue weighted by Crippen LogP contribution is 2.28. The van der Waals surface area contributed by atoms with Crippen molar-refractivity contribution in [1.29, 1.82) is 0 Å². The summed E-state index contributed by atoms with van der Waals surface area (Å²) in [7, 11) is 0. The molecule has 1 aromatic carbocycles. The number of hydrogen-bond acceptors (Lipinski definition) is 7. The van der Waals surface area contributed by atoms with Gasteiger partial charge >= 0.3 is 6.18 Å². The summed E-state index contributed by atoms with van der Waals surface area (Å²) in [6.07, 6.45) is -1.10. The lowest BCUT2D eigenvalue weighted by atomic mass is 9.91. The first kappa shape index (κ1) is 29.3. The Morgan fingerprint density at radius 2 is 1.77 bits per heavy atom. The number of nitrogens with one attached hydrogen (secondary N) is 3. The number of carbonyl (C=O) groups excluding carboxylic acids is 1. The molecule has 2 aromatic heterocycles. The molecular weight excluding hydrogens is 519 g/mol. The van der Waals surface area contributed by atoms with Crippen molar-refractivity contribution in [2.24, 2.45) is 0 Å². The minimum absolute atomic E-state index is 0.00197. The molecule has 0 bridgehead atoms. The standard InChI is InChI=1S/C29H36F3N7O/c1-18(2)35-26(40)23-16-34-27(38-25(23)36-22-8-11-33-24(15-22)28(3,4)5)37-21-7-6-20-17-39(12-9-19(20)14-21)13-10-29(30,31)32/h6-8,11,14-16,18H,9-10,12-13,17H2,1-5H3,(H,35,40)(H2,33,34,36,37,38). The summed E-state index contributed by atoms with van der Waals surface area (Å²) in [5, 5.41) is 9.36. The third-order valence-corrected chi connectivity index (χ3v) is 6.51. The number of halogens is 3. The fourth-order valence-corrected chi connectivity index (χ4v) is 4.39. The Morgan fingerprint density at radius 3 is 2.48 bits per heavy atom. The summed E-state index contributed by atoms with van der Waals surface area (Å²) < 4.78 is 37.9. The van der Waals surface area contributed by atoms with Gasteiger partial charge < -0.3 is 16.0 Å². The minimum Gasteiger partial charge on any atom is -0.350 e. The molecule has 3 aromatic rings. The summed E-state index contributed by atoms with van der Waals surface area (Å²) in [4.78, 5) is 28.2. The summed E-state index contributed by atoms with van der Waals surface area (Å²) in [5.74, 6) is 0.356. The lowest BCUT2D eigenvalue weighted by Gasteiger charge is -2.29. The van der Waals surface area contributed by atoms with Crippen LogP contribution >= 0.6 is 0 Å². The molecule has 3 heterocycles. The predicted octanol–water partition coefficient (Wildman–Crippen LogP) is 6.11. The van der Waals surface area contributed by atoms with E-state index < -0.39 is 12.6 Å². The second kappa shape index (κ2) is 11.8. The maximum absolute atomic E-state index is 12.9. The largest absolute Gasteiger partial charge is 0.390 e. The third-order valence-electron chi connectivity index (χ3n) is 6.51. The fraction of sp³-hybridized carbons (Fsp3) is 0.448. The van der Waals surface area contributed by atoms with Crippen molar-refractivity contribution in [2.45, 2.75) is 71.6 Å². The molecule has 0 unspecified atom stereocenters. The second-order valence-electron chi connectivity index (χ2n) is 11.4. The molecule has 3 N–H and O–H groups in total. The number of amides is 1. The normalized spacial score (nSPS) is 14.1. The molecule has 0 spiro atoms. The van der Waals surface area contributed by atoms with E-state index in [0.717, 1.165) is 28.2 Å². The molecule has 8 nitrogen and oxygen atoms in total. The van der Waals surface area contributed by atoms with E-state index in [1.165, 1.54) is 6.20 Å². The van der Waals surface area contributed by atoms with Crippen LogP contribution < -0.4 is 16.0 Å². The van der Waals surface area contributed by atoms with Crippen LogP contribution in [0.25, 0.3) is 0 Å². The molecule has 11 heteroatoms. The van der Waals surface area contributed by atoms with Crippen molar-refractivity contribution < 1.29 is 18.0 Å². The van der Waals surface area contributed by atoms with E-state index >= 15 is 0 Å². The molecule has 1 amide bonds. The average Bonchev–Trinajstić information content (AvgIpc) is 2.86. The van der Waals surface area contributed by atoms with E-state index in [2.05, 4.69) is 51.7 Å². The molecule has 0 atom stereocenters. The highest BCUT2D eigenvalue weighted by atomic mass is 19.4. The number of hydrogen-bond donors (Lipinski definition) is 3. The molecule has 0 saturated carbocycles. The number of nitrogens with zero attached hydrogens (tertiary/aromatic N) is 4. The van der Waals surface area contributed by atoms with Gasteiger partial charge in [0.2, 0.25) is 5.95 Å². The maximum Gasteiger partial charge on any atom is 0.390 e. The van der Waals surface area contributed by atoms with Crippen molar-refractivity contribution >= 4 is 29.0 Å². The molecule has 0 radical (unpaired) electrons. The zero-order valence-electron chi connectivity index (χ0n) is 23.5. The van der Waals surface area contributed by atoms with Gasteiger partial charge in [0, 0.05) is 60.6 Å². The van der Waals surface area contributed by atoms with Crippen LogP contribution in [-0.2, 0) is 18.4 Å². The number of carbonyl (C=O) groups is 1. The topological polar surface area (TPSA) is 95.1 Å². The number of aromatic nitrogens is 3. The number of anilines is 4. The van der Waals surface area contributed by atoms with Gasteiger partial charge in [-0.3, -0.25) is 14.7 Å². The van der Waals surface area contributed by atoms with Crippen LogP contribution in [0.3, 0.4) is 0 Å². The SMILES string of the molecule is CC(C)NC(=O)c1cnc(Nc2ccc3c(c2)CCN(CCC(F)(F)F)C3)nc1Nc1ccnc(C(C)(C)C)c1. The Bertz CT molecular complexity index is 1350. The van der Waals surface area contributed by atoms with Gasteiger partial charge in [-0.25, -0.2) is 4.98 Å². The van der Waals surface area contributed by atoms with Gasteiger partial charge in [0.1, 0.15) is 11.4 Å². The zero-order valence-corrected chi connectivity index (χ0v) is 23.5. The predicted molar refractivity (Wildman–Crippen MR) is 150 cm³/mol. The van der Waals surface area contributed by atoms with Gasteiger partial charge in [-0.05, 0) is 55.7 Å². The van der Waals surface area contributed by atoms with E-state index in [1.807, 2.05) is 49.1 Å². The van der Waals surface area contributed by atoms with Gasteiger partial charge in [0.25, 0.3) is 5.91 Å². The summed E-state index contributed by atoms with van der Waals surface area (Å²) in [6.45, 7) is 11.0. The number of alkyl halides is 3. The Kier molecular flexibility index (Phi) is 8.62. The van der Waals surface area contributed by atoms with E-state index in [1.54, 1.807) is 6.20 Å². The lowest BCUT2D eigenvalue weighted by molar-refractivity contribution is -0.138. The Balaban J connectivity index is 1.55. The monoisotopic (exact) mass is 555 g/mol. The third kappa shape index (κ3) is 7.91. The van der Waals surface area contributed by atoms with Gasteiger partial charge in [0.15, 0.2) is 0 Å². The molecule has 0 fully saturated rings. The van der Waals surface area contributed by atoms with Gasteiger partial charge in [0.05, 0.1) is 6.42 Å². The number of fused-ring (bicyclic) bond motifs is 1. The second-order valence-corrected chi connectivity index (χ2v) is 11.4. The minimum atomic E-state index is -4.15. The first-order chi connectivity index (χ1) is 18.8. The van der Waals surface area contributed by atoms with E-state index in [0.29, 0.717) is 36.8 Å². The number of rotatable bonds is 8. The van der Waals surface area contributed by atoms with Crippen LogP contribution in [0.15, 0.2) is 42.7 Å². The van der Waals surface area contributed by atoms with Crippen molar-refractivity contribution in [3.8, 4) is 0 Å². The van der Waals surface area contributed by atoms with E-state index in [-0.39, 0.29) is 23.9 Å². The molecule has 4 rings (SSSR count). The highest BCUT2D eigenvalue weighted by Gasteiger charge is 2.29. The number of benzene rings is 1. The van der Waals surface area contributed by atoms with E-state index in [9.17, 15) is 18.0 Å². The van der Waals surface area contributed by atoms with Crippen molar-refractivity contribution in [2.75, 3.05) is 23.7 Å². The average molecular weight is 556 g/mol. The summed E-state index contributed by atoms with van der Waals surface area (Å²) >= 11 is 0. The highest BCUT2D eigenvalue weighted by molar-refractivity contribution is 5.99. The molecule has 0 saturated heterocycles. The Morgan fingerprint density at radius 1 is 1.02 bits per heavy atom. The van der Waals surface area contributed by atoms with Crippen molar-refractivity contribution in [3.05, 3.63) is 65.1 Å². The lowest BCUT2D eigenvalue weighted by Crippen LogP contribution is -2.33. The van der Waals surface area contributed by atoms with Gasteiger partial charge in [-0.15, -0.1) is 0 Å². The van der Waals surface area contributed by atoms with Gasteiger partial charge in [-0.1, -0.05) is 26.8 Å². The first-order valence-electron chi connectivity index (χ1n) is 13.4. The van der Waals surface area contributed by atoms with Crippen LogP contribution in [0, 0.1) is 0 Å². The van der Waals surface area contributed by atoms with Crippen LogP contribution in [0.2, 0.25) is 0 Å². The molecule has 0 aliphatic carbocycles. The van der Waals surface area contributed by atoms with Crippen LogP contribution in [0.1, 0.15) is 68.2 Å². The fourth-order valence-electron chi connectivity index (χ4n) is 4.39. The molecule has 1 aliphatic heterocycles. The molecule has 214 valence electrons. The summed E-state index contributed by atoms with van der Waals surface area (Å²) in [6, 6.07) is 9.44. The maximum atomic E-state index is 12.9. The molecular formula is C29H36F3N7O. The molecule has 1 aliphatic rings. The van der Waals surface area contributed by atoms with E-state index in [4.69, 9.17) is 0 Å². The van der Waals surface area contributed by atoms with Crippen molar-refractivity contribution in [3.63, 3.8) is 0 Å². The first-order valence-corrected chi connectivity index (χ1v) is 13.4.